The van der Waals surface area contributed by atoms with Crippen LogP contribution in [0, 0.1) is 5.92 Å². The molecular weight excluding hydrogens is 390 g/mol. The Bertz CT molecular complexity index is 744. The van der Waals surface area contributed by atoms with Crippen LogP contribution in [0.4, 0.5) is 0 Å². The Morgan fingerprint density at radius 2 is 2.05 bits per heavy atom. The van der Waals surface area contributed by atoms with Crippen LogP contribution in [0.25, 0.3) is 0 Å². The molecule has 0 aliphatic carbocycles. The number of nitrogens with zero attached hydrogens (tertiary/aromatic N) is 1. The van der Waals surface area contributed by atoms with Crippen LogP contribution < -0.4 is 0 Å². The molecule has 0 N–H and O–H groups in total. The van der Waals surface area contributed by atoms with Gasteiger partial charge in [-0.1, -0.05) is 35.8 Å². The van der Waals surface area contributed by atoms with Gasteiger partial charge in [-0.3, -0.25) is 0 Å². The lowest BCUT2D eigenvalue weighted by atomic mass is 10.2. The third-order valence-electron chi connectivity index (χ3n) is 3.56. The second-order valence-electron chi connectivity index (χ2n) is 5.98. The van der Waals surface area contributed by atoms with Crippen LogP contribution in [0.15, 0.2) is 33.6 Å². The van der Waals surface area contributed by atoms with Crippen molar-refractivity contribution < 1.29 is 16.8 Å². The molecule has 1 heterocycles. The van der Waals surface area contributed by atoms with E-state index in [2.05, 4.69) is 15.9 Å². The van der Waals surface area contributed by atoms with Gasteiger partial charge in [0.25, 0.3) is 0 Å². The molecule has 0 bridgehead atoms. The van der Waals surface area contributed by atoms with Crippen molar-refractivity contribution in [3.8, 4) is 0 Å². The summed E-state index contributed by atoms with van der Waals surface area (Å²) in [6.45, 7) is 4.16. The molecule has 1 atom stereocenters. The molecule has 1 aromatic carbocycles. The highest BCUT2D eigenvalue weighted by Crippen LogP contribution is 2.27. The molecule has 1 fully saturated rings. The molecule has 124 valence electrons. The van der Waals surface area contributed by atoms with Crippen LogP contribution in [-0.2, 0) is 19.9 Å². The monoisotopic (exact) mass is 409 g/mol. The Hall–Kier alpha value is -0.440. The predicted molar refractivity (Wildman–Crippen MR) is 89.9 cm³/mol. The number of rotatable bonds is 5. The lowest BCUT2D eigenvalue weighted by Crippen LogP contribution is -2.43. The first kappa shape index (κ1) is 17.9. The third-order valence-corrected chi connectivity index (χ3v) is 7.72. The number of halogens is 1. The van der Waals surface area contributed by atoms with E-state index in [0.29, 0.717) is 17.4 Å². The average Bonchev–Trinajstić information content (AvgIpc) is 2.75. The predicted octanol–water partition coefficient (Wildman–Crippen LogP) is 2.28. The van der Waals surface area contributed by atoms with Crippen molar-refractivity contribution in [2.24, 2.45) is 5.92 Å². The van der Waals surface area contributed by atoms with E-state index in [9.17, 15) is 16.8 Å². The minimum Gasteiger partial charge on any atom is -0.229 e. The molecule has 5 nitrogen and oxygen atoms in total. The Kier molecular flexibility index (Phi) is 5.36. The summed E-state index contributed by atoms with van der Waals surface area (Å²) in [5, 5.41) is 0. The molecule has 0 saturated carbocycles. The van der Waals surface area contributed by atoms with Gasteiger partial charge in [-0.2, -0.15) is 4.31 Å². The summed E-state index contributed by atoms with van der Waals surface area (Å²) in [5.41, 5.74) is 0. The Labute approximate surface area is 140 Å². The van der Waals surface area contributed by atoms with Gasteiger partial charge in [-0.25, -0.2) is 16.8 Å². The summed E-state index contributed by atoms with van der Waals surface area (Å²) in [7, 11) is -6.86. The summed E-state index contributed by atoms with van der Waals surface area (Å²) in [6.07, 6.45) is 0.363. The van der Waals surface area contributed by atoms with Crippen LogP contribution >= 0.6 is 15.9 Å². The van der Waals surface area contributed by atoms with Crippen LogP contribution in [0.1, 0.15) is 20.3 Å². The molecule has 0 aromatic heterocycles. The van der Waals surface area contributed by atoms with Gasteiger partial charge in [-0.05, 0) is 30.5 Å². The Morgan fingerprint density at radius 1 is 1.36 bits per heavy atom. The molecular formula is C14H20BrNO4S2. The first-order valence-corrected chi connectivity index (χ1v) is 11.1. The fourth-order valence-corrected chi connectivity index (χ4v) is 6.81. The van der Waals surface area contributed by atoms with Gasteiger partial charge in [-0.15, -0.1) is 0 Å². The summed E-state index contributed by atoms with van der Waals surface area (Å²) in [5.74, 6) is 0.0815. The van der Waals surface area contributed by atoms with E-state index in [0.717, 1.165) is 0 Å². The van der Waals surface area contributed by atoms with Crippen LogP contribution in [0.3, 0.4) is 0 Å². The first-order chi connectivity index (χ1) is 10.1. The number of sulfone groups is 1. The summed E-state index contributed by atoms with van der Waals surface area (Å²) in [4.78, 5) is 0.187. The van der Waals surface area contributed by atoms with Crippen LogP contribution in [0.2, 0.25) is 0 Å². The van der Waals surface area contributed by atoms with Crippen LogP contribution in [-0.4, -0.2) is 45.2 Å². The largest absolute Gasteiger partial charge is 0.243 e. The lowest BCUT2D eigenvalue weighted by molar-refractivity contribution is 0.308. The number of sulfonamides is 1. The van der Waals surface area contributed by atoms with Gasteiger partial charge in [0.1, 0.15) is 0 Å². The van der Waals surface area contributed by atoms with E-state index in [1.165, 1.54) is 10.4 Å². The Balaban J connectivity index is 2.40. The van der Waals surface area contributed by atoms with Crippen molar-refractivity contribution >= 4 is 35.8 Å². The zero-order valence-electron chi connectivity index (χ0n) is 12.6. The maximum atomic E-state index is 12.9. The van der Waals surface area contributed by atoms with E-state index < -0.39 is 25.9 Å². The van der Waals surface area contributed by atoms with Crippen molar-refractivity contribution in [2.75, 3.05) is 18.1 Å². The van der Waals surface area contributed by atoms with Crippen molar-refractivity contribution in [1.82, 2.24) is 4.31 Å². The molecule has 0 unspecified atom stereocenters. The second kappa shape index (κ2) is 6.59. The molecule has 1 aromatic rings. The zero-order chi connectivity index (χ0) is 16.5. The van der Waals surface area contributed by atoms with Crippen molar-refractivity contribution in [3.05, 3.63) is 28.7 Å². The second-order valence-corrected chi connectivity index (χ2v) is 11.0. The van der Waals surface area contributed by atoms with Gasteiger partial charge in [0, 0.05) is 17.1 Å². The van der Waals surface area contributed by atoms with E-state index >= 15 is 0 Å². The summed E-state index contributed by atoms with van der Waals surface area (Å²) < 4.78 is 51.3. The van der Waals surface area contributed by atoms with Gasteiger partial charge < -0.3 is 0 Å². The SMILES string of the molecule is CC(C)CN([C@@H]1CCS(=O)(=O)C1)S(=O)(=O)c1cccc(Br)c1. The molecule has 22 heavy (non-hydrogen) atoms. The first-order valence-electron chi connectivity index (χ1n) is 7.09. The lowest BCUT2D eigenvalue weighted by Gasteiger charge is -2.29. The summed E-state index contributed by atoms with van der Waals surface area (Å²) >= 11 is 3.28. The quantitative estimate of drug-likeness (QED) is 0.747. The van der Waals surface area contributed by atoms with Crippen molar-refractivity contribution in [3.63, 3.8) is 0 Å². The molecule has 8 heteroatoms. The number of benzene rings is 1. The molecule has 1 saturated heterocycles. The highest BCUT2D eigenvalue weighted by atomic mass is 79.9. The van der Waals surface area contributed by atoms with E-state index in [1.807, 2.05) is 13.8 Å². The normalized spacial score (nSPS) is 21.6. The summed E-state index contributed by atoms with van der Waals surface area (Å²) in [6, 6.07) is 6.03. The number of hydrogen-bond donors (Lipinski definition) is 0. The highest BCUT2D eigenvalue weighted by Gasteiger charge is 2.38. The standard InChI is InChI=1S/C14H20BrNO4S2/c1-11(2)9-16(13-6-7-21(17,18)10-13)22(19,20)14-5-3-4-12(15)8-14/h3-5,8,11,13H,6-7,9-10H2,1-2H3/t13-/m1/s1. The number of hydrogen-bond acceptors (Lipinski definition) is 4. The fourth-order valence-electron chi connectivity index (χ4n) is 2.57. The maximum absolute atomic E-state index is 12.9. The van der Waals surface area contributed by atoms with E-state index in [4.69, 9.17) is 0 Å². The molecule has 1 aliphatic rings. The maximum Gasteiger partial charge on any atom is 0.243 e. The highest BCUT2D eigenvalue weighted by molar-refractivity contribution is 9.10. The van der Waals surface area contributed by atoms with Gasteiger partial charge >= 0.3 is 0 Å². The van der Waals surface area contributed by atoms with Gasteiger partial charge in [0.2, 0.25) is 10.0 Å². The van der Waals surface area contributed by atoms with Crippen molar-refractivity contribution in [2.45, 2.75) is 31.2 Å². The molecule has 1 aliphatic heterocycles. The smallest absolute Gasteiger partial charge is 0.229 e. The molecule has 0 spiro atoms. The van der Waals surface area contributed by atoms with E-state index in [-0.39, 0.29) is 22.3 Å². The minimum atomic E-state index is -3.71. The van der Waals surface area contributed by atoms with Gasteiger partial charge in [0.15, 0.2) is 9.84 Å². The average molecular weight is 410 g/mol. The molecule has 0 radical (unpaired) electrons. The van der Waals surface area contributed by atoms with Crippen molar-refractivity contribution in [1.29, 1.82) is 0 Å². The van der Waals surface area contributed by atoms with E-state index in [1.54, 1.807) is 18.2 Å². The molecule has 2 rings (SSSR count). The fraction of sp³-hybridized carbons (Fsp3) is 0.571. The van der Waals surface area contributed by atoms with Crippen LogP contribution in [0.5, 0.6) is 0 Å². The van der Waals surface area contributed by atoms with Gasteiger partial charge in [0.05, 0.1) is 16.4 Å². The third kappa shape index (κ3) is 4.10. The molecule has 0 amide bonds. The Morgan fingerprint density at radius 3 is 2.55 bits per heavy atom. The minimum absolute atomic E-state index is 0.0558. The topological polar surface area (TPSA) is 71.5 Å². The zero-order valence-corrected chi connectivity index (χ0v) is 15.8.